The van der Waals surface area contributed by atoms with Gasteiger partial charge in [-0.1, -0.05) is 13.8 Å². The summed E-state index contributed by atoms with van der Waals surface area (Å²) in [6.07, 6.45) is 2.51. The predicted octanol–water partition coefficient (Wildman–Crippen LogP) is 0.997. The molecule has 1 aliphatic rings. The molecule has 3 nitrogen and oxygen atoms in total. The molecule has 2 N–H and O–H groups in total. The van der Waals surface area contributed by atoms with Crippen LogP contribution in [0.3, 0.4) is 0 Å². The second-order valence-electron chi connectivity index (χ2n) is 5.80. The Labute approximate surface area is 94.6 Å². The molecule has 0 aromatic carbocycles. The molecule has 0 spiro atoms. The van der Waals surface area contributed by atoms with Crippen molar-refractivity contribution in [2.24, 2.45) is 11.1 Å². The van der Waals surface area contributed by atoms with Gasteiger partial charge in [-0.2, -0.15) is 0 Å². The second kappa shape index (κ2) is 5.28. The molecule has 0 bridgehead atoms. The highest BCUT2D eigenvalue weighted by Crippen LogP contribution is 2.20. The van der Waals surface area contributed by atoms with Gasteiger partial charge in [-0.05, 0) is 52.0 Å². The van der Waals surface area contributed by atoms with Crippen LogP contribution >= 0.6 is 0 Å². The molecule has 0 amide bonds. The number of likely N-dealkylation sites (tertiary alicyclic amines) is 1. The van der Waals surface area contributed by atoms with Crippen LogP contribution in [0.1, 0.15) is 26.7 Å². The van der Waals surface area contributed by atoms with Crippen LogP contribution in [0.4, 0.5) is 0 Å². The Hall–Kier alpha value is -0.120. The van der Waals surface area contributed by atoms with Crippen LogP contribution in [0, 0.1) is 5.41 Å². The van der Waals surface area contributed by atoms with E-state index in [4.69, 9.17) is 5.73 Å². The lowest BCUT2D eigenvalue weighted by atomic mass is 9.89. The van der Waals surface area contributed by atoms with Crippen LogP contribution in [0.15, 0.2) is 0 Å². The Balaban J connectivity index is 2.27. The predicted molar refractivity (Wildman–Crippen MR) is 66.0 cm³/mol. The Morgan fingerprint density at radius 1 is 1.47 bits per heavy atom. The summed E-state index contributed by atoms with van der Waals surface area (Å²) in [5.41, 5.74) is 6.03. The highest BCUT2D eigenvalue weighted by atomic mass is 15.2. The van der Waals surface area contributed by atoms with Crippen LogP contribution < -0.4 is 5.73 Å². The SMILES string of the molecule is CN1CCC(N(C)CCC(C)(C)CN)C1. The lowest BCUT2D eigenvalue weighted by molar-refractivity contribution is 0.202. The Morgan fingerprint density at radius 2 is 2.13 bits per heavy atom. The largest absolute Gasteiger partial charge is 0.330 e. The van der Waals surface area contributed by atoms with E-state index in [1.807, 2.05) is 0 Å². The van der Waals surface area contributed by atoms with Gasteiger partial charge in [-0.3, -0.25) is 0 Å². The van der Waals surface area contributed by atoms with Crippen LogP contribution in [0.5, 0.6) is 0 Å². The molecule has 15 heavy (non-hydrogen) atoms. The van der Waals surface area contributed by atoms with Crippen molar-refractivity contribution in [2.75, 3.05) is 40.3 Å². The number of nitrogens with two attached hydrogens (primary N) is 1. The molecule has 1 aliphatic heterocycles. The minimum Gasteiger partial charge on any atom is -0.330 e. The van der Waals surface area contributed by atoms with Gasteiger partial charge in [0, 0.05) is 12.6 Å². The van der Waals surface area contributed by atoms with Gasteiger partial charge >= 0.3 is 0 Å². The van der Waals surface area contributed by atoms with E-state index in [1.54, 1.807) is 0 Å². The third-order valence-electron chi connectivity index (χ3n) is 3.68. The van der Waals surface area contributed by atoms with E-state index in [0.717, 1.165) is 12.6 Å². The highest BCUT2D eigenvalue weighted by molar-refractivity contribution is 4.81. The van der Waals surface area contributed by atoms with Gasteiger partial charge in [0.25, 0.3) is 0 Å². The molecule has 1 rings (SSSR count). The molecule has 1 unspecified atom stereocenters. The maximum absolute atomic E-state index is 5.74. The molecule has 0 radical (unpaired) electrons. The Kier molecular flexibility index (Phi) is 4.56. The summed E-state index contributed by atoms with van der Waals surface area (Å²) in [7, 11) is 4.45. The smallest absolute Gasteiger partial charge is 0.0232 e. The lowest BCUT2D eigenvalue weighted by Gasteiger charge is -2.29. The zero-order chi connectivity index (χ0) is 11.5. The molecular weight excluding hydrogens is 186 g/mol. The number of likely N-dealkylation sites (N-methyl/N-ethyl adjacent to an activating group) is 2. The second-order valence-corrected chi connectivity index (χ2v) is 5.80. The van der Waals surface area contributed by atoms with E-state index in [9.17, 15) is 0 Å². The van der Waals surface area contributed by atoms with Gasteiger partial charge in [0.05, 0.1) is 0 Å². The fraction of sp³-hybridized carbons (Fsp3) is 1.00. The van der Waals surface area contributed by atoms with Gasteiger partial charge in [-0.25, -0.2) is 0 Å². The van der Waals surface area contributed by atoms with E-state index in [2.05, 4.69) is 37.7 Å². The van der Waals surface area contributed by atoms with Gasteiger partial charge < -0.3 is 15.5 Å². The van der Waals surface area contributed by atoms with E-state index >= 15 is 0 Å². The summed E-state index contributed by atoms with van der Waals surface area (Å²) in [6, 6.07) is 0.753. The van der Waals surface area contributed by atoms with Gasteiger partial charge in [0.1, 0.15) is 0 Å². The quantitative estimate of drug-likeness (QED) is 0.739. The summed E-state index contributed by atoms with van der Waals surface area (Å²) in [5, 5.41) is 0. The number of hydrogen-bond acceptors (Lipinski definition) is 3. The first-order chi connectivity index (χ1) is 6.94. The summed E-state index contributed by atoms with van der Waals surface area (Å²) in [6.45, 7) is 8.92. The highest BCUT2D eigenvalue weighted by Gasteiger charge is 2.24. The average Bonchev–Trinajstić information content (AvgIpc) is 2.61. The number of nitrogens with zero attached hydrogens (tertiary/aromatic N) is 2. The van der Waals surface area contributed by atoms with Crippen molar-refractivity contribution in [3.05, 3.63) is 0 Å². The Morgan fingerprint density at radius 3 is 2.60 bits per heavy atom. The number of rotatable bonds is 5. The van der Waals surface area contributed by atoms with Crippen molar-refractivity contribution in [1.29, 1.82) is 0 Å². The molecular formula is C12H27N3. The average molecular weight is 213 g/mol. The number of hydrogen-bond donors (Lipinski definition) is 1. The molecule has 1 atom stereocenters. The van der Waals surface area contributed by atoms with Crippen molar-refractivity contribution in [1.82, 2.24) is 9.80 Å². The zero-order valence-corrected chi connectivity index (χ0v) is 10.8. The maximum Gasteiger partial charge on any atom is 0.0232 e. The first-order valence-electron chi connectivity index (χ1n) is 6.03. The summed E-state index contributed by atoms with van der Waals surface area (Å²) < 4.78 is 0. The first kappa shape index (κ1) is 12.9. The molecule has 1 saturated heterocycles. The fourth-order valence-corrected chi connectivity index (χ4v) is 2.04. The van der Waals surface area contributed by atoms with Crippen LogP contribution in [-0.4, -0.2) is 56.1 Å². The molecule has 1 heterocycles. The maximum atomic E-state index is 5.74. The van der Waals surface area contributed by atoms with Crippen LogP contribution in [-0.2, 0) is 0 Å². The molecule has 0 aromatic rings. The normalized spacial score (nSPS) is 24.0. The van der Waals surface area contributed by atoms with Crippen molar-refractivity contribution in [3.63, 3.8) is 0 Å². The van der Waals surface area contributed by atoms with Gasteiger partial charge in [-0.15, -0.1) is 0 Å². The molecule has 3 heteroatoms. The minimum absolute atomic E-state index is 0.290. The van der Waals surface area contributed by atoms with Gasteiger partial charge in [0.15, 0.2) is 0 Å². The minimum atomic E-state index is 0.290. The van der Waals surface area contributed by atoms with E-state index in [0.29, 0.717) is 5.41 Å². The third-order valence-corrected chi connectivity index (χ3v) is 3.68. The van der Waals surface area contributed by atoms with E-state index in [-0.39, 0.29) is 0 Å². The van der Waals surface area contributed by atoms with Crippen LogP contribution in [0.2, 0.25) is 0 Å². The molecule has 0 saturated carbocycles. The van der Waals surface area contributed by atoms with Gasteiger partial charge in [0.2, 0.25) is 0 Å². The zero-order valence-electron chi connectivity index (χ0n) is 10.8. The monoisotopic (exact) mass is 213 g/mol. The standard InChI is InChI=1S/C12H27N3/c1-12(2,10-13)6-8-15(4)11-5-7-14(3)9-11/h11H,5-10,13H2,1-4H3. The summed E-state index contributed by atoms with van der Waals surface area (Å²) in [5.74, 6) is 0. The van der Waals surface area contributed by atoms with Crippen molar-refractivity contribution >= 4 is 0 Å². The fourth-order valence-electron chi connectivity index (χ4n) is 2.04. The molecule has 0 aromatic heterocycles. The summed E-state index contributed by atoms with van der Waals surface area (Å²) >= 11 is 0. The van der Waals surface area contributed by atoms with Crippen molar-refractivity contribution in [3.8, 4) is 0 Å². The lowest BCUT2D eigenvalue weighted by Crippen LogP contribution is -2.37. The first-order valence-corrected chi connectivity index (χ1v) is 6.03. The molecule has 0 aliphatic carbocycles. The van der Waals surface area contributed by atoms with Crippen LogP contribution in [0.25, 0.3) is 0 Å². The summed E-state index contributed by atoms with van der Waals surface area (Å²) in [4.78, 5) is 4.91. The molecule has 1 fully saturated rings. The Bertz CT molecular complexity index is 191. The topological polar surface area (TPSA) is 32.5 Å². The van der Waals surface area contributed by atoms with E-state index < -0.39 is 0 Å². The molecule has 90 valence electrons. The third kappa shape index (κ3) is 4.09. The van der Waals surface area contributed by atoms with E-state index in [1.165, 1.54) is 32.5 Å². The van der Waals surface area contributed by atoms with Crippen molar-refractivity contribution < 1.29 is 0 Å². The van der Waals surface area contributed by atoms with Crippen molar-refractivity contribution in [2.45, 2.75) is 32.7 Å².